The van der Waals surface area contributed by atoms with E-state index in [1.165, 1.54) is 30.8 Å². The first-order valence-corrected chi connectivity index (χ1v) is 9.53. The third-order valence-corrected chi connectivity index (χ3v) is 7.99. The molecule has 112 valence electrons. The van der Waals surface area contributed by atoms with Crippen LogP contribution in [0.4, 0.5) is 10.8 Å². The van der Waals surface area contributed by atoms with E-state index >= 15 is 0 Å². The third kappa shape index (κ3) is 2.30. The second kappa shape index (κ2) is 4.87. The molecule has 7 heteroatoms. The number of nitrogens with one attached hydrogen (secondary N) is 1. The summed E-state index contributed by atoms with van der Waals surface area (Å²) >= 11 is 1.17. The molecule has 0 atom stereocenters. The number of sulfone groups is 1. The van der Waals surface area contributed by atoms with Crippen molar-refractivity contribution in [2.24, 2.45) is 5.41 Å². The number of hydrogen-bond acceptors (Lipinski definition) is 6. The van der Waals surface area contributed by atoms with Crippen molar-refractivity contribution in [2.45, 2.75) is 55.6 Å². The molecule has 1 aromatic rings. The maximum Gasteiger partial charge on any atom is 0.187 e. The number of nitrogen functional groups attached to an aromatic ring is 1. The molecule has 2 fully saturated rings. The Morgan fingerprint density at radius 2 is 2.15 bits per heavy atom. The highest BCUT2D eigenvalue weighted by Gasteiger charge is 2.41. The number of rotatable bonds is 6. The van der Waals surface area contributed by atoms with Gasteiger partial charge in [0.1, 0.15) is 9.90 Å². The minimum absolute atomic E-state index is 0.156. The maximum atomic E-state index is 12.4. The monoisotopic (exact) mass is 315 g/mol. The Morgan fingerprint density at radius 1 is 1.45 bits per heavy atom. The SMILES string of the molecule is CCC1(CNc2snc(N)c2S(=O)(=O)C2CC2)CCC1. The number of aromatic nitrogens is 1. The summed E-state index contributed by atoms with van der Waals surface area (Å²) < 4.78 is 28.9. The Hall–Kier alpha value is -0.820. The van der Waals surface area contributed by atoms with Crippen LogP contribution < -0.4 is 11.1 Å². The highest BCUT2D eigenvalue weighted by molar-refractivity contribution is 7.92. The van der Waals surface area contributed by atoms with Crippen LogP contribution in [0.3, 0.4) is 0 Å². The molecule has 2 aliphatic rings. The zero-order valence-electron chi connectivity index (χ0n) is 11.7. The normalized spacial score (nSPS) is 21.4. The van der Waals surface area contributed by atoms with E-state index in [9.17, 15) is 8.42 Å². The van der Waals surface area contributed by atoms with Crippen molar-refractivity contribution in [3.05, 3.63) is 0 Å². The minimum Gasteiger partial charge on any atom is -0.382 e. The number of hydrogen-bond donors (Lipinski definition) is 2. The van der Waals surface area contributed by atoms with E-state index in [4.69, 9.17) is 5.73 Å². The van der Waals surface area contributed by atoms with Gasteiger partial charge in [-0.3, -0.25) is 0 Å². The average Bonchev–Trinajstić information content (AvgIpc) is 3.14. The predicted octanol–water partition coefficient (Wildman–Crippen LogP) is 2.65. The zero-order chi connectivity index (χ0) is 14.4. The lowest BCUT2D eigenvalue weighted by Gasteiger charge is -2.41. The van der Waals surface area contributed by atoms with Crippen molar-refractivity contribution in [1.29, 1.82) is 0 Å². The molecule has 5 nitrogen and oxygen atoms in total. The van der Waals surface area contributed by atoms with E-state index in [0.29, 0.717) is 10.4 Å². The molecule has 20 heavy (non-hydrogen) atoms. The molecule has 0 spiro atoms. The smallest absolute Gasteiger partial charge is 0.187 e. The molecule has 0 aliphatic heterocycles. The van der Waals surface area contributed by atoms with Gasteiger partial charge in [-0.1, -0.05) is 13.3 Å². The Labute approximate surface area is 124 Å². The fraction of sp³-hybridized carbons (Fsp3) is 0.769. The van der Waals surface area contributed by atoms with Crippen molar-refractivity contribution < 1.29 is 8.42 Å². The van der Waals surface area contributed by atoms with Crippen LogP contribution >= 0.6 is 11.5 Å². The molecule has 1 aromatic heterocycles. The number of nitrogens with two attached hydrogens (primary N) is 1. The molecule has 1 heterocycles. The van der Waals surface area contributed by atoms with Crippen LogP contribution in [0.5, 0.6) is 0 Å². The van der Waals surface area contributed by atoms with Gasteiger partial charge in [-0.05, 0) is 49.1 Å². The summed E-state index contributed by atoms with van der Waals surface area (Å²) in [6.45, 7) is 3.02. The van der Waals surface area contributed by atoms with Gasteiger partial charge in [-0.2, -0.15) is 4.37 Å². The van der Waals surface area contributed by atoms with Crippen LogP contribution in [-0.2, 0) is 9.84 Å². The first kappa shape index (κ1) is 14.1. The van der Waals surface area contributed by atoms with E-state index in [-0.39, 0.29) is 16.0 Å². The molecule has 3 rings (SSSR count). The topological polar surface area (TPSA) is 85.1 Å². The van der Waals surface area contributed by atoms with Crippen LogP contribution in [-0.4, -0.2) is 24.6 Å². The largest absolute Gasteiger partial charge is 0.382 e. The Morgan fingerprint density at radius 3 is 2.65 bits per heavy atom. The summed E-state index contributed by atoms with van der Waals surface area (Å²) in [6, 6.07) is 0. The maximum absolute atomic E-state index is 12.4. The second-order valence-corrected chi connectivity index (χ2v) is 8.97. The standard InChI is InChI=1S/C13H21N3O2S2/c1-2-13(6-3-7-13)8-15-12-10(11(14)16-19-12)20(17,18)9-4-5-9/h9,15H,2-8H2,1H3,(H2,14,16). The van der Waals surface area contributed by atoms with E-state index < -0.39 is 9.84 Å². The lowest BCUT2D eigenvalue weighted by molar-refractivity contribution is 0.145. The van der Waals surface area contributed by atoms with Gasteiger partial charge in [0.05, 0.1) is 5.25 Å². The van der Waals surface area contributed by atoms with Crippen LogP contribution in [0, 0.1) is 5.41 Å². The fourth-order valence-corrected chi connectivity index (χ4v) is 5.71. The average molecular weight is 315 g/mol. The summed E-state index contributed by atoms with van der Waals surface area (Å²) in [5, 5.41) is 3.70. The molecular weight excluding hydrogens is 294 g/mol. The van der Waals surface area contributed by atoms with E-state index in [2.05, 4.69) is 16.6 Å². The molecule has 2 aliphatic carbocycles. The first-order chi connectivity index (χ1) is 9.48. The van der Waals surface area contributed by atoms with Gasteiger partial charge in [0.2, 0.25) is 0 Å². The van der Waals surface area contributed by atoms with Gasteiger partial charge >= 0.3 is 0 Å². The molecule has 0 radical (unpaired) electrons. The minimum atomic E-state index is -3.29. The van der Waals surface area contributed by atoms with Gasteiger partial charge < -0.3 is 11.1 Å². The summed E-state index contributed by atoms with van der Waals surface area (Å²) in [7, 11) is -3.29. The zero-order valence-corrected chi connectivity index (χ0v) is 13.3. The fourth-order valence-electron chi connectivity index (χ4n) is 2.83. The van der Waals surface area contributed by atoms with E-state index in [1.807, 2.05) is 0 Å². The van der Waals surface area contributed by atoms with Gasteiger partial charge in [0.15, 0.2) is 15.7 Å². The summed E-state index contributed by atoms with van der Waals surface area (Å²) in [4.78, 5) is 0.246. The van der Waals surface area contributed by atoms with E-state index in [0.717, 1.165) is 25.8 Å². The van der Waals surface area contributed by atoms with Crippen LogP contribution in [0.15, 0.2) is 4.90 Å². The van der Waals surface area contributed by atoms with Gasteiger partial charge in [-0.25, -0.2) is 8.42 Å². The predicted molar refractivity (Wildman–Crippen MR) is 81.8 cm³/mol. The van der Waals surface area contributed by atoms with Crippen molar-refractivity contribution >= 4 is 32.2 Å². The van der Waals surface area contributed by atoms with Crippen molar-refractivity contribution in [1.82, 2.24) is 4.37 Å². The second-order valence-electron chi connectivity index (χ2n) is 6.03. The highest BCUT2D eigenvalue weighted by Crippen LogP contribution is 2.45. The van der Waals surface area contributed by atoms with Gasteiger partial charge in [-0.15, -0.1) is 0 Å². The van der Waals surface area contributed by atoms with Crippen molar-refractivity contribution in [3.8, 4) is 0 Å². The van der Waals surface area contributed by atoms with Crippen LogP contribution in [0.1, 0.15) is 45.4 Å². The van der Waals surface area contributed by atoms with Gasteiger partial charge in [0.25, 0.3) is 0 Å². The lowest BCUT2D eigenvalue weighted by atomic mass is 9.67. The summed E-state index contributed by atoms with van der Waals surface area (Å²) in [5.74, 6) is 0.156. The summed E-state index contributed by atoms with van der Waals surface area (Å²) in [6.07, 6.45) is 6.32. The Balaban J connectivity index is 1.80. The van der Waals surface area contributed by atoms with E-state index in [1.54, 1.807) is 0 Å². The first-order valence-electron chi connectivity index (χ1n) is 7.21. The molecular formula is C13H21N3O2S2. The quantitative estimate of drug-likeness (QED) is 0.843. The van der Waals surface area contributed by atoms with Crippen molar-refractivity contribution in [3.63, 3.8) is 0 Å². The molecule has 2 saturated carbocycles. The van der Waals surface area contributed by atoms with Crippen LogP contribution in [0.25, 0.3) is 0 Å². The Kier molecular flexibility index (Phi) is 3.44. The molecule has 0 saturated heterocycles. The molecule has 3 N–H and O–H groups in total. The summed E-state index contributed by atoms with van der Waals surface area (Å²) in [5.41, 5.74) is 6.12. The number of anilines is 2. The number of nitrogens with zero attached hydrogens (tertiary/aromatic N) is 1. The highest BCUT2D eigenvalue weighted by atomic mass is 32.2. The molecule has 0 amide bonds. The molecule has 0 unspecified atom stereocenters. The lowest BCUT2D eigenvalue weighted by Crippen LogP contribution is -2.35. The molecule has 0 aromatic carbocycles. The van der Waals surface area contributed by atoms with Crippen molar-refractivity contribution in [2.75, 3.05) is 17.6 Å². The van der Waals surface area contributed by atoms with Crippen LogP contribution in [0.2, 0.25) is 0 Å². The molecule has 0 bridgehead atoms. The third-order valence-electron chi connectivity index (χ3n) is 4.71. The van der Waals surface area contributed by atoms with Gasteiger partial charge in [0, 0.05) is 6.54 Å². The Bertz CT molecular complexity index is 596.